The van der Waals surface area contributed by atoms with Crippen LogP contribution in [0.5, 0.6) is 0 Å². The van der Waals surface area contributed by atoms with E-state index in [1.54, 1.807) is 10.4 Å². The second-order valence-corrected chi connectivity index (χ2v) is 2.92. The highest BCUT2D eigenvalue weighted by Gasteiger charge is 2.22. The van der Waals surface area contributed by atoms with Gasteiger partial charge in [0, 0.05) is 13.1 Å². The average molecular weight is 170 g/mol. The van der Waals surface area contributed by atoms with Gasteiger partial charge in [0.15, 0.2) is 0 Å². The molecule has 0 bridgehead atoms. The van der Waals surface area contributed by atoms with Crippen molar-refractivity contribution >= 4 is 22.5 Å². The summed E-state index contributed by atoms with van der Waals surface area (Å²) in [6, 6.07) is -0.0817. The molecule has 6 heteroatoms. The number of nitrogens with one attached hydrogen (secondary N) is 1. The molecule has 0 atom stereocenters. The van der Waals surface area contributed by atoms with Crippen LogP contribution in [0.3, 0.4) is 0 Å². The number of amides is 2. The van der Waals surface area contributed by atoms with Gasteiger partial charge in [0.2, 0.25) is 5.13 Å². The van der Waals surface area contributed by atoms with Crippen molar-refractivity contribution in [3.8, 4) is 0 Å². The molecule has 1 saturated heterocycles. The highest BCUT2D eigenvalue weighted by atomic mass is 32.1. The highest BCUT2D eigenvalue weighted by Crippen LogP contribution is 2.16. The third-order valence-corrected chi connectivity index (χ3v) is 2.15. The average Bonchev–Trinajstić information content (AvgIpc) is 2.55. The minimum atomic E-state index is -0.0817. The molecular formula is C5H6N4OS. The number of carbonyl (C=O) groups is 1. The Labute approximate surface area is 67.0 Å². The zero-order valence-corrected chi connectivity index (χ0v) is 6.47. The lowest BCUT2D eigenvalue weighted by atomic mass is 10.6. The molecule has 1 aromatic heterocycles. The number of carbonyl (C=O) groups excluding carboxylic acids is 1. The van der Waals surface area contributed by atoms with Crippen molar-refractivity contribution in [1.82, 2.24) is 15.5 Å². The van der Waals surface area contributed by atoms with Gasteiger partial charge in [-0.3, -0.25) is 4.90 Å². The summed E-state index contributed by atoms with van der Waals surface area (Å²) < 4.78 is 0. The van der Waals surface area contributed by atoms with Crippen molar-refractivity contribution in [3.63, 3.8) is 0 Å². The van der Waals surface area contributed by atoms with Gasteiger partial charge in [0.25, 0.3) is 0 Å². The minimum Gasteiger partial charge on any atom is -0.336 e. The predicted octanol–water partition coefficient (Wildman–Crippen LogP) is 0.0677. The summed E-state index contributed by atoms with van der Waals surface area (Å²) in [6.07, 6.45) is 0. The Morgan fingerprint density at radius 2 is 2.64 bits per heavy atom. The lowest BCUT2D eigenvalue weighted by molar-refractivity contribution is 0.252. The van der Waals surface area contributed by atoms with Crippen molar-refractivity contribution in [2.24, 2.45) is 0 Å². The number of rotatable bonds is 1. The van der Waals surface area contributed by atoms with Gasteiger partial charge in [-0.2, -0.15) is 0 Å². The van der Waals surface area contributed by atoms with E-state index in [4.69, 9.17) is 0 Å². The van der Waals surface area contributed by atoms with E-state index >= 15 is 0 Å². The van der Waals surface area contributed by atoms with Gasteiger partial charge >= 0.3 is 6.03 Å². The zero-order chi connectivity index (χ0) is 7.68. The summed E-state index contributed by atoms with van der Waals surface area (Å²) in [6.45, 7) is 1.38. The Bertz CT molecular complexity index is 259. The standard InChI is InChI=1S/C5H6N4OS/c10-4-6-1-2-9(4)5-8-7-3-11-5/h3H,1-2H2,(H,6,10). The van der Waals surface area contributed by atoms with E-state index in [0.29, 0.717) is 18.2 Å². The van der Waals surface area contributed by atoms with E-state index in [1.165, 1.54) is 11.3 Å². The van der Waals surface area contributed by atoms with E-state index in [1.807, 2.05) is 0 Å². The molecule has 11 heavy (non-hydrogen) atoms. The van der Waals surface area contributed by atoms with Crippen molar-refractivity contribution in [2.75, 3.05) is 18.0 Å². The molecule has 58 valence electrons. The maximum Gasteiger partial charge on any atom is 0.323 e. The fraction of sp³-hybridized carbons (Fsp3) is 0.400. The first kappa shape index (κ1) is 6.53. The zero-order valence-electron chi connectivity index (χ0n) is 5.65. The van der Waals surface area contributed by atoms with Gasteiger partial charge < -0.3 is 5.32 Å². The van der Waals surface area contributed by atoms with Crippen LogP contribution in [-0.2, 0) is 0 Å². The summed E-state index contributed by atoms with van der Waals surface area (Å²) in [5, 5.41) is 10.8. The molecule has 2 heterocycles. The topological polar surface area (TPSA) is 58.1 Å². The summed E-state index contributed by atoms with van der Waals surface area (Å²) >= 11 is 1.37. The monoisotopic (exact) mass is 170 g/mol. The molecule has 1 aliphatic rings. The van der Waals surface area contributed by atoms with Crippen LogP contribution in [0.25, 0.3) is 0 Å². The van der Waals surface area contributed by atoms with Crippen molar-refractivity contribution in [3.05, 3.63) is 5.51 Å². The van der Waals surface area contributed by atoms with Crippen LogP contribution in [0.15, 0.2) is 5.51 Å². The van der Waals surface area contributed by atoms with Crippen molar-refractivity contribution in [2.45, 2.75) is 0 Å². The number of aromatic nitrogens is 2. The Morgan fingerprint density at radius 3 is 3.18 bits per heavy atom. The molecule has 1 aromatic rings. The van der Waals surface area contributed by atoms with E-state index in [9.17, 15) is 4.79 Å². The molecule has 5 nitrogen and oxygen atoms in total. The molecule has 0 aliphatic carbocycles. The molecule has 0 spiro atoms. The van der Waals surface area contributed by atoms with E-state index in [-0.39, 0.29) is 6.03 Å². The number of hydrogen-bond acceptors (Lipinski definition) is 4. The Kier molecular flexibility index (Phi) is 1.46. The fourth-order valence-corrected chi connectivity index (χ4v) is 1.52. The Morgan fingerprint density at radius 1 is 1.73 bits per heavy atom. The summed E-state index contributed by atoms with van der Waals surface area (Å²) in [4.78, 5) is 12.6. The molecule has 2 rings (SSSR count). The second kappa shape index (κ2) is 2.46. The molecule has 0 aromatic carbocycles. The van der Waals surface area contributed by atoms with Gasteiger partial charge in [0.1, 0.15) is 5.51 Å². The first-order chi connectivity index (χ1) is 5.38. The van der Waals surface area contributed by atoms with Crippen LogP contribution < -0.4 is 10.2 Å². The number of anilines is 1. The summed E-state index contributed by atoms with van der Waals surface area (Å²) in [5.74, 6) is 0. The number of nitrogens with zero attached hydrogens (tertiary/aromatic N) is 3. The molecule has 2 amide bonds. The van der Waals surface area contributed by atoms with Gasteiger partial charge in [-0.25, -0.2) is 4.79 Å². The van der Waals surface area contributed by atoms with Crippen molar-refractivity contribution in [1.29, 1.82) is 0 Å². The molecule has 0 radical (unpaired) electrons. The normalized spacial score (nSPS) is 17.1. The SMILES string of the molecule is O=C1NCCN1c1nncs1. The maximum absolute atomic E-state index is 11.0. The van der Waals surface area contributed by atoms with Crippen LogP contribution in [0.4, 0.5) is 9.93 Å². The fourth-order valence-electron chi connectivity index (χ4n) is 0.939. The minimum absolute atomic E-state index is 0.0817. The van der Waals surface area contributed by atoms with Crippen molar-refractivity contribution < 1.29 is 4.79 Å². The van der Waals surface area contributed by atoms with Crippen LogP contribution >= 0.6 is 11.3 Å². The van der Waals surface area contributed by atoms with Crippen LogP contribution in [0, 0.1) is 0 Å². The largest absolute Gasteiger partial charge is 0.336 e. The first-order valence-electron chi connectivity index (χ1n) is 3.19. The molecule has 0 unspecified atom stereocenters. The Balaban J connectivity index is 2.23. The van der Waals surface area contributed by atoms with Gasteiger partial charge in [-0.1, -0.05) is 11.3 Å². The number of hydrogen-bond donors (Lipinski definition) is 1. The Hall–Kier alpha value is -1.17. The molecule has 0 saturated carbocycles. The highest BCUT2D eigenvalue weighted by molar-refractivity contribution is 7.13. The van der Waals surface area contributed by atoms with Gasteiger partial charge in [0.05, 0.1) is 0 Å². The quantitative estimate of drug-likeness (QED) is 0.648. The van der Waals surface area contributed by atoms with Crippen LogP contribution in [0.2, 0.25) is 0 Å². The molecular weight excluding hydrogens is 164 g/mol. The first-order valence-corrected chi connectivity index (χ1v) is 4.07. The van der Waals surface area contributed by atoms with E-state index < -0.39 is 0 Å². The van der Waals surface area contributed by atoms with Gasteiger partial charge in [-0.15, -0.1) is 10.2 Å². The second-order valence-electron chi connectivity index (χ2n) is 2.10. The predicted molar refractivity (Wildman–Crippen MR) is 40.7 cm³/mol. The maximum atomic E-state index is 11.0. The lowest BCUT2D eigenvalue weighted by Crippen LogP contribution is -2.27. The molecule has 1 N–H and O–H groups in total. The smallest absolute Gasteiger partial charge is 0.323 e. The van der Waals surface area contributed by atoms with E-state index in [0.717, 1.165) is 0 Å². The number of urea groups is 1. The molecule has 1 aliphatic heterocycles. The van der Waals surface area contributed by atoms with Crippen LogP contribution in [0.1, 0.15) is 0 Å². The van der Waals surface area contributed by atoms with Crippen LogP contribution in [-0.4, -0.2) is 29.3 Å². The summed E-state index contributed by atoms with van der Waals surface area (Å²) in [7, 11) is 0. The lowest BCUT2D eigenvalue weighted by Gasteiger charge is -2.06. The molecule has 1 fully saturated rings. The van der Waals surface area contributed by atoms with E-state index in [2.05, 4.69) is 15.5 Å². The summed E-state index contributed by atoms with van der Waals surface area (Å²) in [5.41, 5.74) is 1.61. The third-order valence-electron chi connectivity index (χ3n) is 1.44. The van der Waals surface area contributed by atoms with Gasteiger partial charge in [-0.05, 0) is 0 Å². The third kappa shape index (κ3) is 1.05.